The Kier molecular flexibility index (Phi) is 3.45. The molecule has 5 rings (SSSR count). The first-order valence-corrected chi connectivity index (χ1v) is 8.75. The van der Waals surface area contributed by atoms with E-state index in [-0.39, 0.29) is 0 Å². The average molecular weight is 376 g/mol. The van der Waals surface area contributed by atoms with E-state index in [2.05, 4.69) is 25.1 Å². The third-order valence-corrected chi connectivity index (χ3v) is 4.85. The molecule has 0 aliphatic rings. The zero-order valence-corrected chi connectivity index (χ0v) is 15.4. The average Bonchev–Trinajstić information content (AvgIpc) is 3.27. The largest absolute Gasteiger partial charge is 0.275 e. The van der Waals surface area contributed by atoms with E-state index < -0.39 is 0 Å². The number of fused-ring (bicyclic) bond motifs is 2. The standard InChI is InChI=1S/C19H14ClN7/c1-11-14(20)9-18-22-10-17(27(18)24-11)12-5-7-21-19-13(12)3-4-15(23-19)16-6-8-26(2)25-16/h3-10H,1-2H3. The Hall–Kier alpha value is -3.32. The fourth-order valence-corrected chi connectivity index (χ4v) is 3.25. The van der Waals surface area contributed by atoms with Crippen LogP contribution in [0.25, 0.3) is 39.3 Å². The van der Waals surface area contributed by atoms with Crippen molar-refractivity contribution >= 4 is 28.3 Å². The second-order valence-electron chi connectivity index (χ2n) is 6.29. The van der Waals surface area contributed by atoms with Crippen LogP contribution in [0.15, 0.2) is 48.9 Å². The van der Waals surface area contributed by atoms with E-state index in [1.54, 1.807) is 21.6 Å². The molecule has 0 atom stereocenters. The molecule has 0 aliphatic heterocycles. The molecule has 0 radical (unpaired) electrons. The van der Waals surface area contributed by atoms with E-state index in [1.807, 2.05) is 50.5 Å². The summed E-state index contributed by atoms with van der Waals surface area (Å²) in [7, 11) is 1.88. The van der Waals surface area contributed by atoms with Gasteiger partial charge in [0, 0.05) is 36.5 Å². The van der Waals surface area contributed by atoms with Crippen molar-refractivity contribution < 1.29 is 0 Å². The number of hydrogen-bond acceptors (Lipinski definition) is 5. The van der Waals surface area contributed by atoms with E-state index in [0.717, 1.165) is 33.7 Å². The van der Waals surface area contributed by atoms with Gasteiger partial charge in [0.05, 0.1) is 28.3 Å². The SMILES string of the molecule is Cc1nn2c(-c3ccnc4nc(-c5ccn(C)n5)ccc34)cnc2cc1Cl. The summed E-state index contributed by atoms with van der Waals surface area (Å²) >= 11 is 6.17. The second kappa shape index (κ2) is 5.85. The summed E-state index contributed by atoms with van der Waals surface area (Å²) in [6.45, 7) is 1.87. The van der Waals surface area contributed by atoms with Crippen LogP contribution in [0.3, 0.4) is 0 Å². The molecular formula is C19H14ClN7. The van der Waals surface area contributed by atoms with Gasteiger partial charge in [0.2, 0.25) is 0 Å². The highest BCUT2D eigenvalue weighted by Crippen LogP contribution is 2.29. The fraction of sp³-hybridized carbons (Fsp3) is 0.105. The number of nitrogens with zero attached hydrogens (tertiary/aromatic N) is 7. The molecule has 8 heteroatoms. The number of aryl methyl sites for hydroxylation is 2. The zero-order chi connectivity index (χ0) is 18.5. The molecule has 132 valence electrons. The summed E-state index contributed by atoms with van der Waals surface area (Å²) in [5, 5.41) is 10.5. The fourth-order valence-electron chi connectivity index (χ4n) is 3.11. The third kappa shape index (κ3) is 2.55. The second-order valence-corrected chi connectivity index (χ2v) is 6.70. The molecule has 0 saturated heterocycles. The number of aromatic nitrogens is 7. The molecule has 7 nitrogen and oxygen atoms in total. The lowest BCUT2D eigenvalue weighted by atomic mass is 10.1. The lowest BCUT2D eigenvalue weighted by Gasteiger charge is -2.07. The minimum Gasteiger partial charge on any atom is -0.275 e. The Morgan fingerprint density at radius 1 is 1.00 bits per heavy atom. The van der Waals surface area contributed by atoms with Crippen LogP contribution in [0, 0.1) is 6.92 Å². The maximum Gasteiger partial charge on any atom is 0.160 e. The Morgan fingerprint density at radius 3 is 2.70 bits per heavy atom. The number of rotatable bonds is 2. The van der Waals surface area contributed by atoms with Crippen LogP contribution in [0.5, 0.6) is 0 Å². The predicted molar refractivity (Wildman–Crippen MR) is 103 cm³/mol. The van der Waals surface area contributed by atoms with E-state index in [4.69, 9.17) is 11.6 Å². The van der Waals surface area contributed by atoms with Gasteiger partial charge in [0.1, 0.15) is 5.69 Å². The predicted octanol–water partition coefficient (Wildman–Crippen LogP) is 3.70. The molecule has 5 aromatic heterocycles. The Bertz CT molecular complexity index is 1320. The molecular weight excluding hydrogens is 362 g/mol. The highest BCUT2D eigenvalue weighted by atomic mass is 35.5. The maximum absolute atomic E-state index is 6.17. The van der Waals surface area contributed by atoms with E-state index in [9.17, 15) is 0 Å². The molecule has 0 amide bonds. The first kappa shape index (κ1) is 15.9. The lowest BCUT2D eigenvalue weighted by molar-refractivity contribution is 0.770. The summed E-state index contributed by atoms with van der Waals surface area (Å²) in [5.41, 5.74) is 5.52. The van der Waals surface area contributed by atoms with Crippen LogP contribution in [-0.2, 0) is 7.05 Å². The van der Waals surface area contributed by atoms with Crippen molar-refractivity contribution in [1.82, 2.24) is 34.3 Å². The summed E-state index contributed by atoms with van der Waals surface area (Å²) in [5.74, 6) is 0. The van der Waals surface area contributed by atoms with Crippen LogP contribution < -0.4 is 0 Å². The van der Waals surface area contributed by atoms with Gasteiger partial charge in [-0.15, -0.1) is 0 Å². The molecule has 0 saturated carbocycles. The van der Waals surface area contributed by atoms with Gasteiger partial charge in [0.25, 0.3) is 0 Å². The number of hydrogen-bond donors (Lipinski definition) is 0. The van der Waals surface area contributed by atoms with Gasteiger partial charge in [0.15, 0.2) is 11.3 Å². The lowest BCUT2D eigenvalue weighted by Crippen LogP contribution is -1.98. The summed E-state index contributed by atoms with van der Waals surface area (Å²) in [6, 6.07) is 9.65. The molecule has 0 aliphatic carbocycles. The van der Waals surface area contributed by atoms with Gasteiger partial charge in [-0.3, -0.25) is 4.68 Å². The topological polar surface area (TPSA) is 73.8 Å². The molecule has 0 bridgehead atoms. The smallest absolute Gasteiger partial charge is 0.160 e. The third-order valence-electron chi connectivity index (χ3n) is 4.47. The van der Waals surface area contributed by atoms with Gasteiger partial charge in [-0.1, -0.05) is 11.6 Å². The minimum absolute atomic E-state index is 0.598. The normalized spacial score (nSPS) is 11.5. The molecule has 27 heavy (non-hydrogen) atoms. The van der Waals surface area contributed by atoms with Crippen molar-refractivity contribution in [2.45, 2.75) is 6.92 Å². The van der Waals surface area contributed by atoms with Crippen molar-refractivity contribution in [3.05, 3.63) is 59.6 Å². The number of halogens is 1. The van der Waals surface area contributed by atoms with Crippen molar-refractivity contribution in [2.75, 3.05) is 0 Å². The summed E-state index contributed by atoms with van der Waals surface area (Å²) < 4.78 is 3.55. The summed E-state index contributed by atoms with van der Waals surface area (Å²) in [6.07, 6.45) is 5.43. The molecule has 5 aromatic rings. The van der Waals surface area contributed by atoms with Crippen LogP contribution >= 0.6 is 11.6 Å². The van der Waals surface area contributed by atoms with Gasteiger partial charge >= 0.3 is 0 Å². The van der Waals surface area contributed by atoms with Crippen LogP contribution in [0.2, 0.25) is 5.02 Å². The molecule has 5 heterocycles. The minimum atomic E-state index is 0.598. The van der Waals surface area contributed by atoms with Crippen LogP contribution in [-0.4, -0.2) is 34.3 Å². The quantitative estimate of drug-likeness (QED) is 0.470. The van der Waals surface area contributed by atoms with Gasteiger partial charge < -0.3 is 0 Å². The molecule has 0 unspecified atom stereocenters. The first-order chi connectivity index (χ1) is 13.1. The number of imidazole rings is 1. The molecule has 0 N–H and O–H groups in total. The monoisotopic (exact) mass is 375 g/mol. The molecule has 0 spiro atoms. The zero-order valence-electron chi connectivity index (χ0n) is 14.6. The summed E-state index contributed by atoms with van der Waals surface area (Å²) in [4.78, 5) is 13.6. The van der Waals surface area contributed by atoms with E-state index >= 15 is 0 Å². The highest BCUT2D eigenvalue weighted by molar-refractivity contribution is 6.31. The Labute approximate surface area is 159 Å². The molecule has 0 fully saturated rings. The first-order valence-electron chi connectivity index (χ1n) is 8.37. The van der Waals surface area contributed by atoms with Crippen LogP contribution in [0.1, 0.15) is 5.69 Å². The van der Waals surface area contributed by atoms with Crippen molar-refractivity contribution in [2.24, 2.45) is 7.05 Å². The van der Waals surface area contributed by atoms with Crippen molar-refractivity contribution in [3.63, 3.8) is 0 Å². The van der Waals surface area contributed by atoms with Gasteiger partial charge in [-0.2, -0.15) is 10.2 Å². The maximum atomic E-state index is 6.17. The number of pyridine rings is 2. The van der Waals surface area contributed by atoms with Crippen molar-refractivity contribution in [3.8, 4) is 22.6 Å². The van der Waals surface area contributed by atoms with E-state index in [0.29, 0.717) is 16.3 Å². The van der Waals surface area contributed by atoms with Crippen molar-refractivity contribution in [1.29, 1.82) is 0 Å². The van der Waals surface area contributed by atoms with Gasteiger partial charge in [-0.05, 0) is 31.2 Å². The van der Waals surface area contributed by atoms with E-state index in [1.165, 1.54) is 0 Å². The Morgan fingerprint density at radius 2 is 1.89 bits per heavy atom. The highest BCUT2D eigenvalue weighted by Gasteiger charge is 2.14. The van der Waals surface area contributed by atoms with Gasteiger partial charge in [-0.25, -0.2) is 19.5 Å². The Balaban J connectivity index is 1.71. The molecule has 0 aromatic carbocycles. The van der Waals surface area contributed by atoms with Crippen LogP contribution in [0.4, 0.5) is 0 Å².